The summed E-state index contributed by atoms with van der Waals surface area (Å²) in [4.78, 5) is 8.59. The van der Waals surface area contributed by atoms with Crippen molar-refractivity contribution in [1.29, 1.82) is 0 Å². The maximum absolute atomic E-state index is 6.11. The number of nitrogens with zero attached hydrogens (tertiary/aromatic N) is 2. The lowest BCUT2D eigenvalue weighted by molar-refractivity contribution is 0.412. The van der Waals surface area contributed by atoms with Crippen LogP contribution in [-0.4, -0.2) is 22.8 Å². The highest BCUT2D eigenvalue weighted by Gasteiger charge is 2.14. The monoisotopic (exact) mass is 329 g/mol. The number of methoxy groups -OCH3 is 1. The predicted octanol–water partition coefficient (Wildman–Crippen LogP) is 4.65. The quantitative estimate of drug-likeness (QED) is 0.491. The molecular weight excluding hydrogens is 317 g/mol. The minimum Gasteiger partial charge on any atom is -0.490 e. The van der Waals surface area contributed by atoms with Crippen molar-refractivity contribution >= 4 is 46.5 Å². The number of thioether (sulfide) groups is 1. The molecule has 0 fully saturated rings. The van der Waals surface area contributed by atoms with E-state index in [1.54, 1.807) is 12.1 Å². The highest BCUT2D eigenvalue weighted by atomic mass is 35.5. The zero-order valence-electron chi connectivity index (χ0n) is 11.0. The molecule has 1 aromatic carbocycles. The number of nitrogens with one attached hydrogen (secondary N) is 1. The number of hydrogen-bond donors (Lipinski definition) is 1. The number of aromatic nitrogens is 2. The number of hydrogen-bond acceptors (Lipinski definition) is 5. The van der Waals surface area contributed by atoms with E-state index in [1.807, 2.05) is 19.1 Å². The van der Waals surface area contributed by atoms with Crippen molar-refractivity contribution in [2.24, 2.45) is 0 Å². The van der Waals surface area contributed by atoms with Crippen molar-refractivity contribution in [3.05, 3.63) is 34.4 Å². The van der Waals surface area contributed by atoms with Gasteiger partial charge in [0.2, 0.25) is 0 Å². The van der Waals surface area contributed by atoms with Gasteiger partial charge in [0.15, 0.2) is 21.9 Å². The van der Waals surface area contributed by atoms with Crippen molar-refractivity contribution in [2.45, 2.75) is 12.1 Å². The Labute approximate surface area is 131 Å². The maximum Gasteiger partial charge on any atom is 0.199 e. The average Bonchev–Trinajstić information content (AvgIpc) is 2.42. The summed E-state index contributed by atoms with van der Waals surface area (Å²) in [5.41, 5.74) is 0.843. The molecule has 0 bridgehead atoms. The molecule has 0 radical (unpaired) electrons. The zero-order valence-corrected chi connectivity index (χ0v) is 13.3. The third-order valence-electron chi connectivity index (χ3n) is 2.39. The van der Waals surface area contributed by atoms with E-state index in [1.165, 1.54) is 18.9 Å². The highest BCUT2D eigenvalue weighted by molar-refractivity contribution is 7.99. The number of ether oxygens (including phenoxy) is 1. The van der Waals surface area contributed by atoms with Crippen LogP contribution in [-0.2, 0) is 0 Å². The number of halogens is 2. The first kappa shape index (κ1) is 15.2. The Morgan fingerprint density at radius 3 is 2.50 bits per heavy atom. The standard InChI is InChI=1S/C13H13Cl2N3OS/c1-3-20-13-17-11(15)10(19-2)12(18-13)16-9-6-4-8(14)5-7-9/h4-7H,3H2,1-2H3,(H,16,17,18). The van der Waals surface area contributed by atoms with E-state index in [-0.39, 0.29) is 5.15 Å². The second kappa shape index (κ2) is 7.02. The summed E-state index contributed by atoms with van der Waals surface area (Å²) in [6.45, 7) is 2.03. The maximum atomic E-state index is 6.11. The Morgan fingerprint density at radius 2 is 1.90 bits per heavy atom. The normalized spacial score (nSPS) is 10.4. The minimum absolute atomic E-state index is 0.287. The highest BCUT2D eigenvalue weighted by Crippen LogP contribution is 2.34. The third-order valence-corrected chi connectivity index (χ3v) is 3.63. The SMILES string of the molecule is CCSc1nc(Cl)c(OC)c(Nc2ccc(Cl)cc2)n1. The molecule has 0 spiro atoms. The molecule has 2 rings (SSSR count). The van der Waals surface area contributed by atoms with E-state index in [0.29, 0.717) is 21.7 Å². The van der Waals surface area contributed by atoms with Gasteiger partial charge in [-0.05, 0) is 30.0 Å². The van der Waals surface area contributed by atoms with Gasteiger partial charge >= 0.3 is 0 Å². The van der Waals surface area contributed by atoms with Gasteiger partial charge < -0.3 is 10.1 Å². The summed E-state index contributed by atoms with van der Waals surface area (Å²) in [5, 5.41) is 4.72. The number of anilines is 2. The van der Waals surface area contributed by atoms with Gasteiger partial charge in [-0.15, -0.1) is 0 Å². The second-order valence-corrected chi connectivity index (χ2v) is 5.77. The van der Waals surface area contributed by atoms with Crippen molar-refractivity contribution in [3.63, 3.8) is 0 Å². The Hall–Kier alpha value is -1.17. The second-order valence-electron chi connectivity index (χ2n) is 3.74. The molecule has 7 heteroatoms. The van der Waals surface area contributed by atoms with Gasteiger partial charge in [0.1, 0.15) is 0 Å². The summed E-state index contributed by atoms with van der Waals surface area (Å²) in [6, 6.07) is 7.29. The van der Waals surface area contributed by atoms with Crippen molar-refractivity contribution in [2.75, 3.05) is 18.2 Å². The van der Waals surface area contributed by atoms with Crippen molar-refractivity contribution in [1.82, 2.24) is 9.97 Å². The van der Waals surface area contributed by atoms with Crippen LogP contribution in [0.5, 0.6) is 5.75 Å². The molecule has 0 atom stereocenters. The number of rotatable bonds is 5. The lowest BCUT2D eigenvalue weighted by Crippen LogP contribution is -2.01. The molecule has 0 saturated carbocycles. The summed E-state index contributed by atoms with van der Waals surface area (Å²) in [6.07, 6.45) is 0. The Bertz CT molecular complexity index is 593. The van der Waals surface area contributed by atoms with E-state index < -0.39 is 0 Å². The van der Waals surface area contributed by atoms with Gasteiger partial charge in [0.05, 0.1) is 7.11 Å². The molecule has 1 heterocycles. The summed E-state index contributed by atoms with van der Waals surface area (Å²) in [5.74, 6) is 1.82. The molecule has 0 aliphatic heterocycles. The fraction of sp³-hybridized carbons (Fsp3) is 0.231. The smallest absolute Gasteiger partial charge is 0.199 e. The zero-order chi connectivity index (χ0) is 14.5. The number of benzene rings is 1. The predicted molar refractivity (Wildman–Crippen MR) is 84.7 cm³/mol. The topological polar surface area (TPSA) is 47.0 Å². The largest absolute Gasteiger partial charge is 0.490 e. The Balaban J connectivity index is 2.35. The van der Waals surface area contributed by atoms with Crippen LogP contribution in [0, 0.1) is 0 Å². The fourth-order valence-corrected chi connectivity index (χ4v) is 2.53. The molecule has 0 aliphatic carbocycles. The Morgan fingerprint density at radius 1 is 1.20 bits per heavy atom. The molecule has 4 nitrogen and oxygen atoms in total. The van der Waals surface area contributed by atoms with Crippen molar-refractivity contribution in [3.8, 4) is 5.75 Å². The fourth-order valence-electron chi connectivity index (χ4n) is 1.53. The van der Waals surface area contributed by atoms with Crippen LogP contribution in [0.2, 0.25) is 10.2 Å². The van der Waals surface area contributed by atoms with Crippen LogP contribution >= 0.6 is 35.0 Å². The lowest BCUT2D eigenvalue weighted by Gasteiger charge is -2.12. The minimum atomic E-state index is 0.287. The molecule has 0 amide bonds. The molecule has 0 unspecified atom stereocenters. The van der Waals surface area contributed by atoms with Gasteiger partial charge in [-0.3, -0.25) is 0 Å². The first-order chi connectivity index (χ1) is 9.63. The average molecular weight is 330 g/mol. The van der Waals surface area contributed by atoms with E-state index in [2.05, 4.69) is 15.3 Å². The van der Waals surface area contributed by atoms with Crippen LogP contribution in [0.25, 0.3) is 0 Å². The van der Waals surface area contributed by atoms with Crippen molar-refractivity contribution < 1.29 is 4.74 Å². The van der Waals surface area contributed by atoms with E-state index in [9.17, 15) is 0 Å². The van der Waals surface area contributed by atoms with Crippen LogP contribution in [0.1, 0.15) is 6.92 Å². The van der Waals surface area contributed by atoms with Gasteiger partial charge in [0.25, 0.3) is 0 Å². The van der Waals surface area contributed by atoms with Gasteiger partial charge in [-0.25, -0.2) is 9.97 Å². The first-order valence-corrected chi connectivity index (χ1v) is 7.65. The van der Waals surface area contributed by atoms with Crippen LogP contribution in [0.15, 0.2) is 29.4 Å². The molecule has 20 heavy (non-hydrogen) atoms. The molecule has 0 aliphatic rings. The van der Waals surface area contributed by atoms with Gasteiger partial charge in [-0.2, -0.15) is 0 Å². The molecule has 0 saturated heterocycles. The first-order valence-electron chi connectivity index (χ1n) is 5.91. The molecule has 2 aromatic rings. The summed E-state index contributed by atoms with van der Waals surface area (Å²) >= 11 is 13.5. The summed E-state index contributed by atoms with van der Waals surface area (Å²) < 4.78 is 5.25. The third kappa shape index (κ3) is 3.69. The molecule has 1 N–H and O–H groups in total. The molecular formula is C13H13Cl2N3OS. The molecule has 1 aromatic heterocycles. The van der Waals surface area contributed by atoms with E-state index in [0.717, 1.165) is 11.4 Å². The van der Waals surface area contributed by atoms with Gasteiger partial charge in [-0.1, -0.05) is 41.9 Å². The van der Waals surface area contributed by atoms with Gasteiger partial charge in [0, 0.05) is 10.7 Å². The van der Waals surface area contributed by atoms with E-state index in [4.69, 9.17) is 27.9 Å². The van der Waals surface area contributed by atoms with Crippen LogP contribution in [0.4, 0.5) is 11.5 Å². The summed E-state index contributed by atoms with van der Waals surface area (Å²) in [7, 11) is 1.53. The van der Waals surface area contributed by atoms with Crippen LogP contribution in [0.3, 0.4) is 0 Å². The van der Waals surface area contributed by atoms with E-state index >= 15 is 0 Å². The van der Waals surface area contributed by atoms with Crippen LogP contribution < -0.4 is 10.1 Å². The Kier molecular flexibility index (Phi) is 5.34. The molecule has 106 valence electrons. The lowest BCUT2D eigenvalue weighted by atomic mass is 10.3.